The van der Waals surface area contributed by atoms with E-state index in [9.17, 15) is 4.79 Å². The van der Waals surface area contributed by atoms with Crippen LogP contribution in [0.1, 0.15) is 42.2 Å². The van der Waals surface area contributed by atoms with Gasteiger partial charge in [0.15, 0.2) is 5.84 Å². The largest absolute Gasteiger partial charge is 0.284 e. The molecule has 0 bridgehead atoms. The Bertz CT molecular complexity index is 665. The monoisotopic (exact) mass is 236 g/mol. The van der Waals surface area contributed by atoms with Gasteiger partial charge in [-0.25, -0.2) is 0 Å². The highest BCUT2D eigenvalue weighted by Crippen LogP contribution is 2.25. The highest BCUT2D eigenvalue weighted by molar-refractivity contribution is 6.22. The molecule has 1 aliphatic rings. The van der Waals surface area contributed by atoms with E-state index >= 15 is 0 Å². The van der Waals surface area contributed by atoms with Gasteiger partial charge in [-0.05, 0) is 26.8 Å². The summed E-state index contributed by atoms with van der Waals surface area (Å²) in [4.78, 5) is 21.7. The number of amidine groups is 1. The van der Waals surface area contributed by atoms with Crippen LogP contribution >= 0.6 is 0 Å². The van der Waals surface area contributed by atoms with Crippen LogP contribution in [0.3, 0.4) is 0 Å². The summed E-state index contributed by atoms with van der Waals surface area (Å²) in [5.41, 5.74) is -0.557. The Hall–Kier alpha value is -1.68. The summed E-state index contributed by atoms with van der Waals surface area (Å²) in [7, 11) is 1.29. The molecule has 0 aromatic heterocycles. The Morgan fingerprint density at radius 3 is 2.41 bits per heavy atom. The average Bonchev–Trinajstić information content (AvgIpc) is 2.64. The number of hydroxylamine groups is 2. The van der Waals surface area contributed by atoms with Crippen LogP contribution in [0.2, 0.25) is 0 Å². The Morgan fingerprint density at radius 2 is 1.88 bits per heavy atom. The van der Waals surface area contributed by atoms with Gasteiger partial charge in [0.05, 0.1) is 23.7 Å². The van der Waals surface area contributed by atoms with E-state index in [1.54, 1.807) is 0 Å². The highest BCUT2D eigenvalue weighted by Gasteiger charge is 2.34. The van der Waals surface area contributed by atoms with Crippen LogP contribution in [0.5, 0.6) is 0 Å². The van der Waals surface area contributed by atoms with Crippen LogP contribution in [0.4, 0.5) is 0 Å². The third kappa shape index (κ3) is 2.08. The van der Waals surface area contributed by atoms with Gasteiger partial charge >= 0.3 is 0 Å². The highest BCUT2D eigenvalue weighted by atomic mass is 16.7. The first-order valence-electron chi connectivity index (χ1n) is 7.19. The van der Waals surface area contributed by atoms with Crippen molar-refractivity contribution in [1.82, 2.24) is 5.06 Å². The molecule has 17 heavy (non-hydrogen) atoms. The summed E-state index contributed by atoms with van der Waals surface area (Å²) in [6.07, 6.45) is 0. The standard InChI is InChI=1S/C13H16N2O2/c1-13(2,3)14-11-9-7-5-6-8-10(9)12(16)15(11)17-4/h5-8H,1-4H3/i5D,6D,7D,8D. The lowest BCUT2D eigenvalue weighted by atomic mass is 10.1. The predicted octanol–water partition coefficient (Wildman–Crippen LogP) is 2.25. The van der Waals surface area contributed by atoms with Crippen molar-refractivity contribution in [3.05, 3.63) is 35.3 Å². The molecule has 1 aromatic carbocycles. The SMILES string of the molecule is [2H]c1c([2H])c([2H])c2c(c1[2H])C(=O)N(OC)C2=NC(C)(C)C. The summed E-state index contributed by atoms with van der Waals surface area (Å²) in [5, 5.41) is 0.908. The van der Waals surface area contributed by atoms with Crippen molar-refractivity contribution in [2.24, 2.45) is 4.99 Å². The number of carbonyl (C=O) groups excluding carboxylic acids is 1. The second-order valence-electron chi connectivity index (χ2n) is 4.64. The van der Waals surface area contributed by atoms with Gasteiger partial charge in [0.1, 0.15) is 0 Å². The molecule has 1 aromatic rings. The minimum atomic E-state index is -0.637. The molecule has 0 atom stereocenters. The van der Waals surface area contributed by atoms with E-state index in [0.29, 0.717) is 0 Å². The number of carbonyl (C=O) groups is 1. The number of fused-ring (bicyclic) bond motifs is 1. The molecule has 0 spiro atoms. The smallest absolute Gasteiger partial charge is 0.268 e. The van der Waals surface area contributed by atoms with Crippen molar-refractivity contribution >= 4 is 11.7 Å². The maximum atomic E-state index is 12.3. The van der Waals surface area contributed by atoms with E-state index in [1.165, 1.54) is 7.11 Å². The van der Waals surface area contributed by atoms with Gasteiger partial charge in [0.25, 0.3) is 5.91 Å². The minimum absolute atomic E-state index is 0.0859. The second-order valence-corrected chi connectivity index (χ2v) is 4.64. The van der Waals surface area contributed by atoms with E-state index in [0.717, 1.165) is 5.06 Å². The Morgan fingerprint density at radius 1 is 1.29 bits per heavy atom. The van der Waals surface area contributed by atoms with Crippen LogP contribution in [-0.2, 0) is 4.84 Å². The van der Waals surface area contributed by atoms with Gasteiger partial charge in [0.2, 0.25) is 0 Å². The minimum Gasteiger partial charge on any atom is -0.268 e. The fourth-order valence-corrected chi connectivity index (χ4v) is 1.53. The maximum absolute atomic E-state index is 12.3. The molecule has 4 heteroatoms. The van der Waals surface area contributed by atoms with E-state index in [-0.39, 0.29) is 29.0 Å². The van der Waals surface area contributed by atoms with Crippen molar-refractivity contribution in [2.75, 3.05) is 7.11 Å². The topological polar surface area (TPSA) is 41.9 Å². The first-order chi connectivity index (χ1) is 9.60. The molecular formula is C13H16N2O2. The normalized spacial score (nSPS) is 21.1. The van der Waals surface area contributed by atoms with E-state index in [4.69, 9.17) is 10.3 Å². The van der Waals surface area contributed by atoms with Gasteiger partial charge in [-0.15, -0.1) is 0 Å². The quantitative estimate of drug-likeness (QED) is 0.750. The van der Waals surface area contributed by atoms with Crippen LogP contribution in [0.15, 0.2) is 29.2 Å². The molecule has 1 amide bonds. The third-order valence-corrected chi connectivity index (χ3v) is 2.13. The van der Waals surface area contributed by atoms with E-state index in [1.807, 2.05) is 20.8 Å². The molecular weight excluding hydrogens is 216 g/mol. The summed E-state index contributed by atoms with van der Waals surface area (Å²) in [6, 6.07) is -1.51. The number of aliphatic imine (C=N–C) groups is 1. The maximum Gasteiger partial charge on any atom is 0.284 e. The predicted molar refractivity (Wildman–Crippen MR) is 65.9 cm³/mol. The first-order valence-corrected chi connectivity index (χ1v) is 5.19. The van der Waals surface area contributed by atoms with Crippen LogP contribution in [0.25, 0.3) is 0 Å². The molecule has 0 N–H and O–H groups in total. The second kappa shape index (κ2) is 3.96. The lowest BCUT2D eigenvalue weighted by molar-refractivity contribution is -0.0375. The van der Waals surface area contributed by atoms with Crippen LogP contribution in [0, 0.1) is 0 Å². The fraction of sp³-hybridized carbons (Fsp3) is 0.385. The van der Waals surface area contributed by atoms with Crippen LogP contribution < -0.4 is 0 Å². The molecule has 0 fully saturated rings. The molecule has 4 nitrogen and oxygen atoms in total. The molecule has 2 rings (SSSR count). The summed E-state index contributed by atoms with van der Waals surface area (Å²) in [5.74, 6) is -0.528. The number of benzene rings is 1. The van der Waals surface area contributed by atoms with Crippen molar-refractivity contribution in [2.45, 2.75) is 26.3 Å². The van der Waals surface area contributed by atoms with Gasteiger partial charge in [-0.2, -0.15) is 5.06 Å². The van der Waals surface area contributed by atoms with E-state index < -0.39 is 23.5 Å². The first kappa shape index (κ1) is 7.61. The van der Waals surface area contributed by atoms with Crippen LogP contribution in [-0.4, -0.2) is 29.5 Å². The zero-order valence-electron chi connectivity index (χ0n) is 14.2. The lowest BCUT2D eigenvalue weighted by Gasteiger charge is -2.18. The molecule has 0 saturated carbocycles. The molecule has 0 aliphatic carbocycles. The van der Waals surface area contributed by atoms with Crippen molar-refractivity contribution in [3.63, 3.8) is 0 Å². The molecule has 90 valence electrons. The number of nitrogens with zero attached hydrogens (tertiary/aromatic N) is 2. The molecule has 1 heterocycles. The van der Waals surface area contributed by atoms with Crippen molar-refractivity contribution < 1.29 is 15.1 Å². The summed E-state index contributed by atoms with van der Waals surface area (Å²) < 4.78 is 31.3. The Balaban J connectivity index is 2.86. The van der Waals surface area contributed by atoms with Gasteiger partial charge < -0.3 is 0 Å². The van der Waals surface area contributed by atoms with Crippen molar-refractivity contribution in [1.29, 1.82) is 0 Å². The lowest BCUT2D eigenvalue weighted by Crippen LogP contribution is -2.31. The third-order valence-electron chi connectivity index (χ3n) is 2.13. The Labute approximate surface area is 106 Å². The number of amides is 1. The van der Waals surface area contributed by atoms with Gasteiger partial charge in [-0.3, -0.25) is 14.6 Å². The van der Waals surface area contributed by atoms with Gasteiger partial charge in [-0.1, -0.05) is 18.1 Å². The number of hydrogen-bond donors (Lipinski definition) is 0. The summed E-state index contributed by atoms with van der Waals surface area (Å²) in [6.45, 7) is 5.46. The van der Waals surface area contributed by atoms with Gasteiger partial charge in [0, 0.05) is 5.56 Å². The Kier molecular flexibility index (Phi) is 1.77. The number of rotatable bonds is 1. The summed E-state index contributed by atoms with van der Waals surface area (Å²) >= 11 is 0. The number of hydrogen-bond acceptors (Lipinski definition) is 3. The zero-order valence-corrected chi connectivity index (χ0v) is 10.2. The molecule has 0 radical (unpaired) electrons. The molecule has 0 saturated heterocycles. The molecule has 0 unspecified atom stereocenters. The fourth-order valence-electron chi connectivity index (χ4n) is 1.53. The zero-order chi connectivity index (χ0) is 16.1. The van der Waals surface area contributed by atoms with Crippen molar-refractivity contribution in [3.8, 4) is 0 Å². The molecule has 1 aliphatic heterocycles. The average molecular weight is 236 g/mol. The van der Waals surface area contributed by atoms with E-state index in [2.05, 4.69) is 4.99 Å².